The minimum atomic E-state index is -0.469. The van der Waals surface area contributed by atoms with E-state index < -0.39 is 6.67 Å². The van der Waals surface area contributed by atoms with Gasteiger partial charge in [0.2, 0.25) is 0 Å². The average molecular weight is 276 g/mol. The van der Waals surface area contributed by atoms with Crippen LogP contribution in [-0.4, -0.2) is 49.7 Å². The molecule has 18 heavy (non-hydrogen) atoms. The quantitative estimate of drug-likeness (QED) is 0.428. The molecule has 0 aromatic heterocycles. The van der Waals surface area contributed by atoms with Crippen LogP contribution in [0.25, 0.3) is 0 Å². The first-order valence-corrected chi connectivity index (χ1v) is 6.06. The monoisotopic (exact) mass is 276 g/mol. The number of ether oxygens (including phenoxy) is 2. The Morgan fingerprint density at radius 1 is 1.61 bits per heavy atom. The Morgan fingerprint density at radius 3 is 2.94 bits per heavy atom. The molecule has 1 aliphatic rings. The number of rotatable bonds is 5. The van der Waals surface area contributed by atoms with Crippen LogP contribution in [-0.2, 0) is 14.3 Å². The molecule has 0 fully saturated rings. The van der Waals surface area contributed by atoms with Crippen LogP contribution in [0.4, 0.5) is 4.39 Å². The summed E-state index contributed by atoms with van der Waals surface area (Å²) < 4.78 is 22.2. The fraction of sp³-hybridized carbons (Fsp3) is 0.636. The number of alkyl halides is 1. The third kappa shape index (κ3) is 5.92. The highest BCUT2D eigenvalue weighted by Gasteiger charge is 2.17. The number of carbonyl (C=O) groups is 1. The number of thiocarbonyl (C=S) groups is 1. The molecule has 2 N–H and O–H groups in total. The maximum atomic E-state index is 11.9. The Balaban J connectivity index is 2.25. The van der Waals surface area contributed by atoms with Crippen molar-refractivity contribution in [3.05, 3.63) is 12.2 Å². The maximum Gasteiger partial charge on any atom is 0.302 e. The van der Waals surface area contributed by atoms with Crippen molar-refractivity contribution in [3.63, 3.8) is 0 Å². The number of hydrogen-bond acceptors (Lipinski definition) is 4. The Morgan fingerprint density at radius 2 is 2.39 bits per heavy atom. The number of hydrogen-bond donors (Lipinski definition) is 2. The van der Waals surface area contributed by atoms with Crippen molar-refractivity contribution in [3.8, 4) is 0 Å². The molecule has 1 rings (SSSR count). The highest BCUT2D eigenvalue weighted by atomic mass is 32.1. The van der Waals surface area contributed by atoms with E-state index in [4.69, 9.17) is 21.7 Å². The van der Waals surface area contributed by atoms with Crippen molar-refractivity contribution >= 4 is 23.3 Å². The predicted octanol–water partition coefficient (Wildman–Crippen LogP) is 0.307. The van der Waals surface area contributed by atoms with Crippen LogP contribution >= 0.6 is 12.2 Å². The van der Waals surface area contributed by atoms with E-state index >= 15 is 0 Å². The molecule has 1 aliphatic heterocycles. The molecule has 7 heteroatoms. The first-order chi connectivity index (χ1) is 8.61. The van der Waals surface area contributed by atoms with Crippen LogP contribution in [0.15, 0.2) is 12.2 Å². The zero-order valence-corrected chi connectivity index (χ0v) is 11.0. The number of nitrogens with one attached hydrogen (secondary N) is 2. The summed E-state index contributed by atoms with van der Waals surface area (Å²) in [7, 11) is 0. The smallest absolute Gasteiger partial charge is 0.302 e. The first-order valence-electron chi connectivity index (χ1n) is 5.65. The van der Waals surface area contributed by atoms with Crippen LogP contribution in [0.1, 0.15) is 6.92 Å². The SMILES string of the molecule is CC(=O)OC[C@H]1C=C[C@@H](NC(=S)NCCF)CO1. The van der Waals surface area contributed by atoms with Crippen molar-refractivity contribution in [2.45, 2.75) is 19.1 Å². The van der Waals surface area contributed by atoms with Gasteiger partial charge in [-0.05, 0) is 12.2 Å². The van der Waals surface area contributed by atoms with E-state index in [1.54, 1.807) is 0 Å². The van der Waals surface area contributed by atoms with Gasteiger partial charge in [0.05, 0.1) is 12.6 Å². The lowest BCUT2D eigenvalue weighted by Crippen LogP contribution is -2.45. The lowest BCUT2D eigenvalue weighted by Gasteiger charge is -2.25. The molecule has 0 aliphatic carbocycles. The standard InChI is InChI=1S/C11H17FN2O3S/c1-8(15)16-7-10-3-2-9(6-17-10)14-11(18)13-5-4-12/h2-3,9-10H,4-7H2,1H3,(H2,13,14,18)/t9-,10-/m1/s1. The van der Waals surface area contributed by atoms with Gasteiger partial charge in [-0.3, -0.25) is 4.79 Å². The molecule has 0 spiro atoms. The zero-order valence-electron chi connectivity index (χ0n) is 10.1. The van der Waals surface area contributed by atoms with Crippen molar-refractivity contribution in [1.82, 2.24) is 10.6 Å². The van der Waals surface area contributed by atoms with Gasteiger partial charge in [-0.15, -0.1) is 0 Å². The molecular formula is C11H17FN2O3S. The molecule has 0 bridgehead atoms. The second kappa shape index (κ2) is 7.99. The van der Waals surface area contributed by atoms with Gasteiger partial charge in [0.1, 0.15) is 19.4 Å². The van der Waals surface area contributed by atoms with E-state index in [1.807, 2.05) is 12.2 Å². The molecule has 0 saturated carbocycles. The van der Waals surface area contributed by atoms with Gasteiger partial charge >= 0.3 is 5.97 Å². The van der Waals surface area contributed by atoms with Crippen molar-refractivity contribution in [1.29, 1.82) is 0 Å². The number of halogens is 1. The van der Waals surface area contributed by atoms with Crippen LogP contribution in [0.5, 0.6) is 0 Å². The van der Waals surface area contributed by atoms with Gasteiger partial charge < -0.3 is 20.1 Å². The summed E-state index contributed by atoms with van der Waals surface area (Å²) in [5.41, 5.74) is 0. The fourth-order valence-corrected chi connectivity index (χ4v) is 1.62. The van der Waals surface area contributed by atoms with E-state index in [0.717, 1.165) is 0 Å². The largest absolute Gasteiger partial charge is 0.463 e. The minimum Gasteiger partial charge on any atom is -0.463 e. The Labute approximate surface area is 111 Å². The highest BCUT2D eigenvalue weighted by molar-refractivity contribution is 7.80. The van der Waals surface area contributed by atoms with Crippen LogP contribution in [0.2, 0.25) is 0 Å². The highest BCUT2D eigenvalue weighted by Crippen LogP contribution is 2.06. The summed E-state index contributed by atoms with van der Waals surface area (Å²) in [4.78, 5) is 10.6. The summed E-state index contributed by atoms with van der Waals surface area (Å²) in [6.07, 6.45) is 3.47. The van der Waals surface area contributed by atoms with Gasteiger partial charge in [-0.2, -0.15) is 0 Å². The molecule has 0 unspecified atom stereocenters. The van der Waals surface area contributed by atoms with Crippen molar-refractivity contribution in [2.75, 3.05) is 26.4 Å². The minimum absolute atomic E-state index is 0.0572. The van der Waals surface area contributed by atoms with E-state index in [-0.39, 0.29) is 31.3 Å². The molecule has 0 saturated heterocycles. The van der Waals surface area contributed by atoms with Gasteiger partial charge in [0.15, 0.2) is 5.11 Å². The average Bonchev–Trinajstić information content (AvgIpc) is 2.35. The summed E-state index contributed by atoms with van der Waals surface area (Å²) in [5.74, 6) is -0.330. The number of esters is 1. The van der Waals surface area contributed by atoms with Crippen LogP contribution in [0, 0.1) is 0 Å². The van der Waals surface area contributed by atoms with Crippen molar-refractivity contribution in [2.24, 2.45) is 0 Å². The Bertz CT molecular complexity index is 325. The lowest BCUT2D eigenvalue weighted by atomic mass is 10.2. The summed E-state index contributed by atoms with van der Waals surface area (Å²) in [6.45, 7) is 1.70. The normalized spacial score (nSPS) is 22.3. The molecule has 0 radical (unpaired) electrons. The molecule has 5 nitrogen and oxygen atoms in total. The topological polar surface area (TPSA) is 59.6 Å². The van der Waals surface area contributed by atoms with E-state index in [2.05, 4.69) is 10.6 Å². The molecule has 102 valence electrons. The van der Waals surface area contributed by atoms with Crippen LogP contribution in [0.3, 0.4) is 0 Å². The second-order valence-electron chi connectivity index (χ2n) is 3.75. The molecule has 2 atom stereocenters. The molecule has 0 aromatic carbocycles. The molecule has 0 aromatic rings. The van der Waals surface area contributed by atoms with Crippen LogP contribution < -0.4 is 10.6 Å². The summed E-state index contributed by atoms with van der Waals surface area (Å²) in [6, 6.07) is -0.0572. The summed E-state index contributed by atoms with van der Waals surface area (Å²) >= 11 is 4.97. The van der Waals surface area contributed by atoms with Gasteiger partial charge in [0, 0.05) is 13.5 Å². The number of carbonyl (C=O) groups excluding carboxylic acids is 1. The molecular weight excluding hydrogens is 259 g/mol. The second-order valence-corrected chi connectivity index (χ2v) is 4.16. The third-order valence-electron chi connectivity index (χ3n) is 2.20. The van der Waals surface area contributed by atoms with Crippen molar-refractivity contribution < 1.29 is 18.7 Å². The predicted molar refractivity (Wildman–Crippen MR) is 69.0 cm³/mol. The molecule has 0 amide bonds. The Hall–Kier alpha value is -1.21. The van der Waals surface area contributed by atoms with Gasteiger partial charge in [-0.1, -0.05) is 12.2 Å². The van der Waals surface area contributed by atoms with E-state index in [1.165, 1.54) is 6.92 Å². The fourth-order valence-electron chi connectivity index (χ4n) is 1.37. The van der Waals surface area contributed by atoms with E-state index in [0.29, 0.717) is 11.7 Å². The maximum absolute atomic E-state index is 11.9. The lowest BCUT2D eigenvalue weighted by molar-refractivity contribution is -0.144. The third-order valence-corrected chi connectivity index (χ3v) is 2.46. The zero-order chi connectivity index (χ0) is 13.4. The summed E-state index contributed by atoms with van der Waals surface area (Å²) in [5, 5.41) is 6.08. The van der Waals surface area contributed by atoms with Gasteiger partial charge in [-0.25, -0.2) is 4.39 Å². The van der Waals surface area contributed by atoms with E-state index in [9.17, 15) is 9.18 Å². The molecule has 1 heterocycles. The van der Waals surface area contributed by atoms with Gasteiger partial charge in [0.25, 0.3) is 0 Å². The first kappa shape index (κ1) is 14.8. The Kier molecular flexibility index (Phi) is 6.59.